The third kappa shape index (κ3) is 3.00. The predicted octanol–water partition coefficient (Wildman–Crippen LogP) is 3.73. The van der Waals surface area contributed by atoms with Crippen LogP contribution in [-0.2, 0) is 6.54 Å². The van der Waals surface area contributed by atoms with Crippen LogP contribution >= 0.6 is 15.9 Å². The van der Waals surface area contributed by atoms with Crippen molar-refractivity contribution < 1.29 is 8.78 Å². The molecule has 0 atom stereocenters. The lowest BCUT2D eigenvalue weighted by molar-refractivity contribution is 0.587. The van der Waals surface area contributed by atoms with Crippen LogP contribution in [0.2, 0.25) is 0 Å². The van der Waals surface area contributed by atoms with Gasteiger partial charge < -0.3 is 5.32 Å². The molecule has 0 aliphatic heterocycles. The van der Waals surface area contributed by atoms with Crippen molar-refractivity contribution in [3.63, 3.8) is 0 Å². The number of halogens is 3. The Labute approximate surface area is 106 Å². The van der Waals surface area contributed by atoms with Gasteiger partial charge in [0.15, 0.2) is 0 Å². The number of nitrogens with one attached hydrogen (secondary N) is 1. The molecule has 5 heteroatoms. The maximum Gasteiger partial charge on any atom is 0.129 e. The van der Waals surface area contributed by atoms with Gasteiger partial charge in [-0.3, -0.25) is 0 Å². The molecule has 1 aromatic heterocycles. The maximum atomic E-state index is 13.3. The summed E-state index contributed by atoms with van der Waals surface area (Å²) in [7, 11) is 0. The monoisotopic (exact) mass is 298 g/mol. The molecular formula is C12H9BrF2N2. The van der Waals surface area contributed by atoms with Crippen LogP contribution in [0.5, 0.6) is 0 Å². The first kappa shape index (κ1) is 12.0. The smallest absolute Gasteiger partial charge is 0.129 e. The number of nitrogens with zero attached hydrogens (tertiary/aromatic N) is 1. The van der Waals surface area contributed by atoms with Crippen molar-refractivity contribution in [2.24, 2.45) is 0 Å². The van der Waals surface area contributed by atoms with E-state index in [2.05, 4.69) is 26.2 Å². The predicted molar refractivity (Wildman–Crippen MR) is 65.6 cm³/mol. The number of anilines is 1. The van der Waals surface area contributed by atoms with Gasteiger partial charge in [-0.15, -0.1) is 0 Å². The molecule has 1 heterocycles. The summed E-state index contributed by atoms with van der Waals surface area (Å²) in [5.74, 6) is -0.882. The van der Waals surface area contributed by atoms with Gasteiger partial charge >= 0.3 is 0 Å². The Morgan fingerprint density at radius 3 is 2.82 bits per heavy atom. The molecule has 1 N–H and O–H groups in total. The highest BCUT2D eigenvalue weighted by Crippen LogP contribution is 2.19. The third-order valence-electron chi connectivity index (χ3n) is 2.24. The SMILES string of the molecule is Fc1ccc(F)c(CNc2cccnc2Br)c1. The van der Waals surface area contributed by atoms with Crippen molar-refractivity contribution in [3.8, 4) is 0 Å². The number of rotatable bonds is 3. The van der Waals surface area contributed by atoms with Crippen molar-refractivity contribution in [1.82, 2.24) is 4.98 Å². The van der Waals surface area contributed by atoms with Gasteiger partial charge in [0.05, 0.1) is 5.69 Å². The Kier molecular flexibility index (Phi) is 3.68. The van der Waals surface area contributed by atoms with E-state index in [0.717, 1.165) is 17.8 Å². The lowest BCUT2D eigenvalue weighted by atomic mass is 10.2. The summed E-state index contributed by atoms with van der Waals surface area (Å²) in [5.41, 5.74) is 1.01. The van der Waals surface area contributed by atoms with Crippen LogP contribution < -0.4 is 5.32 Å². The fourth-order valence-corrected chi connectivity index (χ4v) is 1.78. The molecule has 0 fully saturated rings. The summed E-state index contributed by atoms with van der Waals surface area (Å²) >= 11 is 3.26. The van der Waals surface area contributed by atoms with E-state index in [1.165, 1.54) is 6.07 Å². The molecule has 2 rings (SSSR count). The molecule has 2 nitrogen and oxygen atoms in total. The summed E-state index contributed by atoms with van der Waals surface area (Å²) in [5, 5.41) is 2.98. The van der Waals surface area contributed by atoms with Gasteiger partial charge in [0.2, 0.25) is 0 Å². The highest BCUT2D eigenvalue weighted by Gasteiger charge is 2.05. The Morgan fingerprint density at radius 1 is 1.24 bits per heavy atom. The standard InChI is InChI=1S/C12H9BrF2N2/c13-12-11(2-1-5-16-12)17-7-8-6-9(14)3-4-10(8)15/h1-6,17H,7H2. The molecule has 0 saturated heterocycles. The van der Waals surface area contributed by atoms with Gasteiger partial charge in [0.25, 0.3) is 0 Å². The molecule has 0 aliphatic carbocycles. The number of aromatic nitrogens is 1. The second kappa shape index (κ2) is 5.23. The lowest BCUT2D eigenvalue weighted by Gasteiger charge is -2.08. The summed E-state index contributed by atoms with van der Waals surface area (Å²) in [6.07, 6.45) is 1.64. The highest BCUT2D eigenvalue weighted by molar-refractivity contribution is 9.10. The van der Waals surface area contributed by atoms with E-state index in [1.807, 2.05) is 0 Å². The summed E-state index contributed by atoms with van der Waals surface area (Å²) in [6.45, 7) is 0.202. The molecule has 0 spiro atoms. The van der Waals surface area contributed by atoms with Gasteiger partial charge in [-0.25, -0.2) is 13.8 Å². The first-order chi connectivity index (χ1) is 8.16. The third-order valence-corrected chi connectivity index (χ3v) is 2.87. The van der Waals surface area contributed by atoms with E-state index < -0.39 is 11.6 Å². The van der Waals surface area contributed by atoms with E-state index in [9.17, 15) is 8.78 Å². The first-order valence-electron chi connectivity index (χ1n) is 4.95. The van der Waals surface area contributed by atoms with Crippen molar-refractivity contribution in [2.75, 3.05) is 5.32 Å². The molecular weight excluding hydrogens is 290 g/mol. The maximum absolute atomic E-state index is 13.3. The summed E-state index contributed by atoms with van der Waals surface area (Å²) in [6, 6.07) is 6.94. The van der Waals surface area contributed by atoms with Crippen molar-refractivity contribution >= 4 is 21.6 Å². The topological polar surface area (TPSA) is 24.9 Å². The Morgan fingerprint density at radius 2 is 2.06 bits per heavy atom. The molecule has 2 aromatic rings. The molecule has 0 amide bonds. The van der Waals surface area contributed by atoms with Crippen molar-refractivity contribution in [1.29, 1.82) is 0 Å². The molecule has 0 aliphatic rings. The van der Waals surface area contributed by atoms with Gasteiger partial charge in [-0.1, -0.05) is 0 Å². The largest absolute Gasteiger partial charge is 0.379 e. The van der Waals surface area contributed by atoms with Crippen LogP contribution in [0.15, 0.2) is 41.1 Å². The van der Waals surface area contributed by atoms with Crippen LogP contribution in [-0.4, -0.2) is 4.98 Å². The number of hydrogen-bond donors (Lipinski definition) is 1. The van der Waals surface area contributed by atoms with E-state index >= 15 is 0 Å². The molecule has 0 unspecified atom stereocenters. The summed E-state index contributed by atoms with van der Waals surface area (Å²) in [4.78, 5) is 4.02. The van der Waals surface area contributed by atoms with E-state index in [4.69, 9.17) is 0 Å². The molecule has 0 radical (unpaired) electrons. The van der Waals surface area contributed by atoms with Gasteiger partial charge in [-0.2, -0.15) is 0 Å². The quantitative estimate of drug-likeness (QED) is 0.873. The normalized spacial score (nSPS) is 10.3. The Bertz CT molecular complexity index is 532. The van der Waals surface area contributed by atoms with Crippen LogP contribution in [0.4, 0.5) is 14.5 Å². The lowest BCUT2D eigenvalue weighted by Crippen LogP contribution is -2.03. The minimum absolute atomic E-state index is 0.202. The molecule has 0 bridgehead atoms. The van der Waals surface area contributed by atoms with Crippen LogP contribution in [0.3, 0.4) is 0 Å². The Hall–Kier alpha value is -1.49. The molecule has 1 aromatic carbocycles. The fourth-order valence-electron chi connectivity index (χ4n) is 1.39. The zero-order chi connectivity index (χ0) is 12.3. The van der Waals surface area contributed by atoms with E-state index in [0.29, 0.717) is 4.60 Å². The van der Waals surface area contributed by atoms with Gasteiger partial charge in [0.1, 0.15) is 16.2 Å². The van der Waals surface area contributed by atoms with Crippen LogP contribution in [0.25, 0.3) is 0 Å². The summed E-state index contributed by atoms with van der Waals surface area (Å²) < 4.78 is 26.9. The second-order valence-electron chi connectivity index (χ2n) is 3.43. The molecule has 17 heavy (non-hydrogen) atoms. The van der Waals surface area contributed by atoms with Crippen LogP contribution in [0, 0.1) is 11.6 Å². The average molecular weight is 299 g/mol. The second-order valence-corrected chi connectivity index (χ2v) is 4.18. The molecule has 0 saturated carbocycles. The number of pyridine rings is 1. The van der Waals surface area contributed by atoms with E-state index in [-0.39, 0.29) is 12.1 Å². The minimum atomic E-state index is -0.451. The minimum Gasteiger partial charge on any atom is -0.379 e. The fraction of sp³-hybridized carbons (Fsp3) is 0.0833. The van der Waals surface area contributed by atoms with Crippen LogP contribution in [0.1, 0.15) is 5.56 Å². The zero-order valence-corrected chi connectivity index (χ0v) is 10.3. The molecule has 88 valence electrons. The first-order valence-corrected chi connectivity index (χ1v) is 5.74. The van der Waals surface area contributed by atoms with E-state index in [1.54, 1.807) is 18.3 Å². The average Bonchev–Trinajstić information content (AvgIpc) is 2.32. The van der Waals surface area contributed by atoms with Crippen molar-refractivity contribution in [2.45, 2.75) is 6.54 Å². The zero-order valence-electron chi connectivity index (χ0n) is 8.75. The Balaban J connectivity index is 2.12. The van der Waals surface area contributed by atoms with Gasteiger partial charge in [0, 0.05) is 18.3 Å². The number of hydrogen-bond acceptors (Lipinski definition) is 2. The van der Waals surface area contributed by atoms with Gasteiger partial charge in [-0.05, 0) is 46.3 Å². The number of benzene rings is 1. The highest BCUT2D eigenvalue weighted by atomic mass is 79.9. The van der Waals surface area contributed by atoms with Crippen molar-refractivity contribution in [3.05, 3.63) is 58.3 Å².